The number of ether oxygens (including phenoxy) is 1. The van der Waals surface area contributed by atoms with Crippen molar-refractivity contribution in [3.63, 3.8) is 0 Å². The molecule has 1 aromatic heterocycles. The highest BCUT2D eigenvalue weighted by molar-refractivity contribution is 7.14. The van der Waals surface area contributed by atoms with Gasteiger partial charge in [-0.25, -0.2) is 4.79 Å². The summed E-state index contributed by atoms with van der Waals surface area (Å²) in [5.74, 6) is -1.22. The second-order valence-electron chi connectivity index (χ2n) is 2.92. The lowest BCUT2D eigenvalue weighted by molar-refractivity contribution is -0.135. The van der Waals surface area contributed by atoms with Gasteiger partial charge in [-0.3, -0.25) is 4.79 Å². The number of aliphatic carboxylic acids is 1. The van der Waals surface area contributed by atoms with E-state index in [-0.39, 0.29) is 12.4 Å². The van der Waals surface area contributed by atoms with Gasteiger partial charge in [-0.1, -0.05) is 6.08 Å². The van der Waals surface area contributed by atoms with Crippen LogP contribution in [0, 0.1) is 0 Å². The Labute approximate surface area is 97.2 Å². The molecule has 1 heterocycles. The number of rotatable bonds is 5. The van der Waals surface area contributed by atoms with Gasteiger partial charge in [0.1, 0.15) is 4.88 Å². The molecule has 0 unspecified atom stereocenters. The van der Waals surface area contributed by atoms with Crippen LogP contribution in [0.25, 0.3) is 6.08 Å². The van der Waals surface area contributed by atoms with Crippen LogP contribution >= 0.6 is 11.3 Å². The maximum Gasteiger partial charge on any atom is 0.348 e. The van der Waals surface area contributed by atoms with Gasteiger partial charge < -0.3 is 9.84 Å². The van der Waals surface area contributed by atoms with Gasteiger partial charge in [-0.2, -0.15) is 0 Å². The van der Waals surface area contributed by atoms with E-state index in [1.54, 1.807) is 31.2 Å². The van der Waals surface area contributed by atoms with Crippen LogP contribution in [-0.2, 0) is 9.53 Å². The number of carbonyl (C=O) groups is 2. The third kappa shape index (κ3) is 3.86. The number of carbonyl (C=O) groups excluding carboxylic acids is 1. The lowest BCUT2D eigenvalue weighted by Crippen LogP contribution is -2.01. The molecular formula is C11H12O4S. The van der Waals surface area contributed by atoms with Crippen LogP contribution in [0.2, 0.25) is 0 Å². The molecule has 0 aliphatic carbocycles. The molecule has 5 heteroatoms. The van der Waals surface area contributed by atoms with Crippen LogP contribution in [0.5, 0.6) is 0 Å². The molecular weight excluding hydrogens is 228 g/mol. The zero-order valence-corrected chi connectivity index (χ0v) is 9.62. The Bertz CT molecular complexity index is 406. The normalized spacial score (nSPS) is 10.6. The van der Waals surface area contributed by atoms with Crippen LogP contribution in [0.4, 0.5) is 0 Å². The van der Waals surface area contributed by atoms with Gasteiger partial charge in [-0.05, 0) is 25.1 Å². The largest absolute Gasteiger partial charge is 0.481 e. The van der Waals surface area contributed by atoms with E-state index in [1.807, 2.05) is 0 Å². The Morgan fingerprint density at radius 2 is 2.25 bits per heavy atom. The number of carboxylic acids is 1. The van der Waals surface area contributed by atoms with Crippen molar-refractivity contribution in [3.05, 3.63) is 28.0 Å². The van der Waals surface area contributed by atoms with Crippen LogP contribution in [0.3, 0.4) is 0 Å². The lowest BCUT2D eigenvalue weighted by atomic mass is 10.3. The van der Waals surface area contributed by atoms with Crippen LogP contribution in [0.15, 0.2) is 18.2 Å². The molecule has 0 radical (unpaired) electrons. The second kappa shape index (κ2) is 6.07. The number of hydrogen-bond donors (Lipinski definition) is 1. The highest BCUT2D eigenvalue weighted by Crippen LogP contribution is 2.19. The predicted molar refractivity (Wildman–Crippen MR) is 61.6 cm³/mol. The first-order valence-corrected chi connectivity index (χ1v) is 5.60. The molecule has 0 aliphatic rings. The molecule has 0 bridgehead atoms. The zero-order chi connectivity index (χ0) is 12.0. The topological polar surface area (TPSA) is 63.6 Å². The molecule has 0 aliphatic heterocycles. The van der Waals surface area contributed by atoms with Gasteiger partial charge in [0, 0.05) is 4.88 Å². The highest BCUT2D eigenvalue weighted by atomic mass is 32.1. The van der Waals surface area contributed by atoms with Crippen molar-refractivity contribution in [1.29, 1.82) is 0 Å². The molecule has 4 nitrogen and oxygen atoms in total. The fourth-order valence-electron chi connectivity index (χ4n) is 1.03. The average molecular weight is 240 g/mol. The fourth-order valence-corrected chi connectivity index (χ4v) is 1.86. The van der Waals surface area contributed by atoms with E-state index in [9.17, 15) is 9.59 Å². The van der Waals surface area contributed by atoms with Gasteiger partial charge >= 0.3 is 11.9 Å². The molecule has 0 amide bonds. The molecule has 0 fully saturated rings. The number of esters is 1. The zero-order valence-electron chi connectivity index (χ0n) is 8.80. The van der Waals surface area contributed by atoms with Crippen LogP contribution in [-0.4, -0.2) is 23.7 Å². The van der Waals surface area contributed by atoms with Crippen LogP contribution < -0.4 is 0 Å². The first kappa shape index (κ1) is 12.4. The van der Waals surface area contributed by atoms with Gasteiger partial charge in [-0.15, -0.1) is 11.3 Å². The summed E-state index contributed by atoms with van der Waals surface area (Å²) >= 11 is 1.28. The van der Waals surface area contributed by atoms with Gasteiger partial charge in [0.05, 0.1) is 13.0 Å². The van der Waals surface area contributed by atoms with Crippen molar-refractivity contribution in [3.8, 4) is 0 Å². The third-order valence-electron chi connectivity index (χ3n) is 1.68. The summed E-state index contributed by atoms with van der Waals surface area (Å²) in [5, 5.41) is 8.43. The standard InChI is InChI=1S/C11H12O4S/c1-2-15-11(14)9-7-6-8(16-9)4-3-5-10(12)13/h3-4,6-7H,2,5H2,1H3,(H,12,13). The van der Waals surface area contributed by atoms with E-state index in [0.29, 0.717) is 11.5 Å². The molecule has 0 saturated heterocycles. The molecule has 0 aromatic carbocycles. The Hall–Kier alpha value is -1.62. The van der Waals surface area contributed by atoms with Crippen LogP contribution in [0.1, 0.15) is 27.9 Å². The summed E-state index contributed by atoms with van der Waals surface area (Å²) in [6.45, 7) is 2.10. The summed E-state index contributed by atoms with van der Waals surface area (Å²) in [4.78, 5) is 22.9. The summed E-state index contributed by atoms with van der Waals surface area (Å²) in [6, 6.07) is 3.43. The monoisotopic (exact) mass is 240 g/mol. The van der Waals surface area contributed by atoms with Gasteiger partial charge in [0.15, 0.2) is 0 Å². The smallest absolute Gasteiger partial charge is 0.348 e. The molecule has 1 rings (SSSR count). The summed E-state index contributed by atoms with van der Waals surface area (Å²) in [6.07, 6.45) is 3.21. The van der Waals surface area contributed by atoms with Gasteiger partial charge in [0.25, 0.3) is 0 Å². The van der Waals surface area contributed by atoms with Crippen molar-refractivity contribution >= 4 is 29.4 Å². The molecule has 16 heavy (non-hydrogen) atoms. The van der Waals surface area contributed by atoms with Crippen molar-refractivity contribution in [1.82, 2.24) is 0 Å². The first-order valence-electron chi connectivity index (χ1n) is 4.78. The Balaban J connectivity index is 2.61. The van der Waals surface area contributed by atoms with Crippen molar-refractivity contribution in [2.45, 2.75) is 13.3 Å². The van der Waals surface area contributed by atoms with E-state index in [0.717, 1.165) is 4.88 Å². The maximum absolute atomic E-state index is 11.3. The first-order chi connectivity index (χ1) is 7.63. The Morgan fingerprint density at radius 3 is 2.88 bits per heavy atom. The van der Waals surface area contributed by atoms with E-state index < -0.39 is 5.97 Å². The lowest BCUT2D eigenvalue weighted by Gasteiger charge is -1.96. The molecule has 86 valence electrons. The molecule has 0 saturated carbocycles. The highest BCUT2D eigenvalue weighted by Gasteiger charge is 2.08. The van der Waals surface area contributed by atoms with E-state index in [2.05, 4.69) is 0 Å². The van der Waals surface area contributed by atoms with E-state index in [4.69, 9.17) is 9.84 Å². The minimum absolute atomic E-state index is 0.0212. The summed E-state index contributed by atoms with van der Waals surface area (Å²) in [5.41, 5.74) is 0. The van der Waals surface area contributed by atoms with Crippen molar-refractivity contribution < 1.29 is 19.4 Å². The number of carboxylic acid groups (broad SMARTS) is 1. The Morgan fingerprint density at radius 1 is 1.50 bits per heavy atom. The maximum atomic E-state index is 11.3. The molecule has 1 N–H and O–H groups in total. The average Bonchev–Trinajstić information content (AvgIpc) is 2.66. The third-order valence-corrected chi connectivity index (χ3v) is 2.71. The number of hydrogen-bond acceptors (Lipinski definition) is 4. The van der Waals surface area contributed by atoms with Gasteiger partial charge in [0.2, 0.25) is 0 Å². The number of thiophene rings is 1. The van der Waals surface area contributed by atoms with E-state index >= 15 is 0 Å². The summed E-state index contributed by atoms with van der Waals surface area (Å²) in [7, 11) is 0. The second-order valence-corrected chi connectivity index (χ2v) is 4.04. The minimum Gasteiger partial charge on any atom is -0.481 e. The Kier molecular flexibility index (Phi) is 4.72. The molecule has 1 aromatic rings. The molecule has 0 spiro atoms. The van der Waals surface area contributed by atoms with Crippen molar-refractivity contribution in [2.24, 2.45) is 0 Å². The predicted octanol–water partition coefficient (Wildman–Crippen LogP) is 2.41. The SMILES string of the molecule is CCOC(=O)c1ccc(C=CCC(=O)O)s1. The molecule has 0 atom stereocenters. The van der Waals surface area contributed by atoms with E-state index in [1.165, 1.54) is 11.3 Å². The van der Waals surface area contributed by atoms with Crippen molar-refractivity contribution in [2.75, 3.05) is 6.61 Å². The summed E-state index contributed by atoms with van der Waals surface area (Å²) < 4.78 is 4.84. The minimum atomic E-state index is -0.876. The fraction of sp³-hybridized carbons (Fsp3) is 0.273. The quantitative estimate of drug-likeness (QED) is 0.803.